The molecule has 1 aliphatic heterocycles. The Kier molecular flexibility index (Phi) is 4.29. The lowest BCUT2D eigenvalue weighted by Gasteiger charge is -2.29. The standard InChI is InChI=1S/C16H26N4O/c1-4-17-14-11(3)15(20-16(19-14)12-5-6-12)18-13-7-8-21-10(2)9-13/h10,12-13H,4-9H2,1-3H3,(H2,17,18,19,20). The molecule has 5 heteroatoms. The second kappa shape index (κ2) is 6.18. The molecule has 2 atom stereocenters. The summed E-state index contributed by atoms with van der Waals surface area (Å²) in [6.45, 7) is 8.06. The fourth-order valence-corrected chi connectivity index (χ4v) is 2.86. The van der Waals surface area contributed by atoms with Gasteiger partial charge in [-0.25, -0.2) is 9.97 Å². The summed E-state index contributed by atoms with van der Waals surface area (Å²) in [5.74, 6) is 3.55. The molecule has 1 aromatic heterocycles. The van der Waals surface area contributed by atoms with Crippen molar-refractivity contribution in [3.05, 3.63) is 11.4 Å². The van der Waals surface area contributed by atoms with Crippen LogP contribution in [0.5, 0.6) is 0 Å². The first kappa shape index (κ1) is 14.6. The maximum absolute atomic E-state index is 5.63. The van der Waals surface area contributed by atoms with Crippen LogP contribution in [0.25, 0.3) is 0 Å². The van der Waals surface area contributed by atoms with Crippen molar-refractivity contribution >= 4 is 11.6 Å². The molecule has 3 rings (SSSR count). The molecule has 0 radical (unpaired) electrons. The van der Waals surface area contributed by atoms with Gasteiger partial charge in [-0.15, -0.1) is 0 Å². The highest BCUT2D eigenvalue weighted by molar-refractivity contribution is 5.58. The monoisotopic (exact) mass is 290 g/mol. The van der Waals surface area contributed by atoms with Crippen LogP contribution in [0.15, 0.2) is 0 Å². The first-order valence-electron chi connectivity index (χ1n) is 8.18. The number of rotatable bonds is 5. The predicted octanol–water partition coefficient (Wildman–Crippen LogP) is 3.07. The van der Waals surface area contributed by atoms with Crippen molar-refractivity contribution in [1.29, 1.82) is 0 Å². The van der Waals surface area contributed by atoms with Crippen molar-refractivity contribution < 1.29 is 4.74 Å². The van der Waals surface area contributed by atoms with E-state index in [1.54, 1.807) is 0 Å². The summed E-state index contributed by atoms with van der Waals surface area (Å²) >= 11 is 0. The maximum atomic E-state index is 5.63. The number of ether oxygens (including phenoxy) is 1. The summed E-state index contributed by atoms with van der Waals surface area (Å²) in [7, 11) is 0. The van der Waals surface area contributed by atoms with E-state index in [0.717, 1.165) is 49.0 Å². The molecule has 5 nitrogen and oxygen atoms in total. The molecule has 0 amide bonds. The normalized spacial score (nSPS) is 25.7. The van der Waals surface area contributed by atoms with Crippen molar-refractivity contribution in [2.75, 3.05) is 23.8 Å². The van der Waals surface area contributed by atoms with Gasteiger partial charge in [-0.1, -0.05) is 0 Å². The molecule has 0 bridgehead atoms. The van der Waals surface area contributed by atoms with Gasteiger partial charge in [0.05, 0.1) is 6.10 Å². The zero-order valence-electron chi connectivity index (χ0n) is 13.3. The number of nitrogens with one attached hydrogen (secondary N) is 2. The molecule has 0 aromatic carbocycles. The van der Waals surface area contributed by atoms with Crippen LogP contribution in [0.4, 0.5) is 11.6 Å². The Morgan fingerprint density at radius 3 is 2.62 bits per heavy atom. The van der Waals surface area contributed by atoms with Gasteiger partial charge in [0.15, 0.2) is 0 Å². The Morgan fingerprint density at radius 2 is 1.95 bits per heavy atom. The van der Waals surface area contributed by atoms with Gasteiger partial charge in [0.1, 0.15) is 17.5 Å². The van der Waals surface area contributed by atoms with Crippen molar-refractivity contribution in [2.45, 2.75) is 64.5 Å². The van der Waals surface area contributed by atoms with Crippen LogP contribution in [0, 0.1) is 6.92 Å². The van der Waals surface area contributed by atoms with Crippen LogP contribution in [-0.2, 0) is 4.74 Å². The molecule has 1 saturated heterocycles. The number of hydrogen-bond donors (Lipinski definition) is 2. The molecule has 2 N–H and O–H groups in total. The van der Waals surface area contributed by atoms with Crippen molar-refractivity contribution in [2.24, 2.45) is 0 Å². The Morgan fingerprint density at radius 1 is 1.19 bits per heavy atom. The lowest BCUT2D eigenvalue weighted by Crippen LogP contribution is -2.33. The van der Waals surface area contributed by atoms with E-state index in [0.29, 0.717) is 18.1 Å². The van der Waals surface area contributed by atoms with E-state index < -0.39 is 0 Å². The lowest BCUT2D eigenvalue weighted by atomic mass is 10.0. The zero-order valence-corrected chi connectivity index (χ0v) is 13.3. The van der Waals surface area contributed by atoms with Gasteiger partial charge >= 0.3 is 0 Å². The van der Waals surface area contributed by atoms with Gasteiger partial charge in [-0.2, -0.15) is 0 Å². The predicted molar refractivity (Wildman–Crippen MR) is 85.0 cm³/mol. The summed E-state index contributed by atoms with van der Waals surface area (Å²) in [4.78, 5) is 9.50. The van der Waals surface area contributed by atoms with E-state index in [-0.39, 0.29) is 0 Å². The summed E-state index contributed by atoms with van der Waals surface area (Å²) in [6.07, 6.45) is 4.86. The van der Waals surface area contributed by atoms with Gasteiger partial charge in [-0.3, -0.25) is 0 Å². The van der Waals surface area contributed by atoms with Gasteiger partial charge in [0.2, 0.25) is 0 Å². The fourth-order valence-electron chi connectivity index (χ4n) is 2.86. The summed E-state index contributed by atoms with van der Waals surface area (Å²) in [5.41, 5.74) is 1.13. The van der Waals surface area contributed by atoms with Gasteiger partial charge in [0.25, 0.3) is 0 Å². The van der Waals surface area contributed by atoms with Crippen molar-refractivity contribution in [1.82, 2.24) is 9.97 Å². The molecule has 2 heterocycles. The SMILES string of the molecule is CCNc1nc(C2CC2)nc(NC2CCOC(C)C2)c1C. The molecule has 2 aliphatic rings. The largest absolute Gasteiger partial charge is 0.378 e. The van der Waals surface area contributed by atoms with Crippen LogP contribution < -0.4 is 10.6 Å². The molecule has 21 heavy (non-hydrogen) atoms. The number of anilines is 2. The summed E-state index contributed by atoms with van der Waals surface area (Å²) < 4.78 is 5.63. The molecule has 1 saturated carbocycles. The second-order valence-electron chi connectivity index (χ2n) is 6.26. The lowest BCUT2D eigenvalue weighted by molar-refractivity contribution is 0.0231. The van der Waals surface area contributed by atoms with Crippen molar-refractivity contribution in [3.63, 3.8) is 0 Å². The van der Waals surface area contributed by atoms with E-state index in [4.69, 9.17) is 14.7 Å². The Hall–Kier alpha value is -1.36. The van der Waals surface area contributed by atoms with Crippen LogP contribution >= 0.6 is 0 Å². The minimum Gasteiger partial charge on any atom is -0.378 e. The second-order valence-corrected chi connectivity index (χ2v) is 6.26. The molecule has 2 unspecified atom stereocenters. The quantitative estimate of drug-likeness (QED) is 0.872. The molecular formula is C16H26N4O. The minimum absolute atomic E-state index is 0.328. The van der Waals surface area contributed by atoms with Gasteiger partial charge < -0.3 is 15.4 Å². The highest BCUT2D eigenvalue weighted by atomic mass is 16.5. The Labute approximate surface area is 126 Å². The smallest absolute Gasteiger partial charge is 0.136 e. The number of aromatic nitrogens is 2. The third-order valence-electron chi connectivity index (χ3n) is 4.28. The summed E-state index contributed by atoms with van der Waals surface area (Å²) in [6, 6.07) is 0.448. The van der Waals surface area contributed by atoms with E-state index in [2.05, 4.69) is 31.4 Å². The molecule has 1 aromatic rings. The molecule has 2 fully saturated rings. The van der Waals surface area contributed by atoms with Crippen LogP contribution in [-0.4, -0.2) is 35.3 Å². The topological polar surface area (TPSA) is 59.1 Å². The summed E-state index contributed by atoms with van der Waals surface area (Å²) in [5, 5.41) is 7.00. The van der Waals surface area contributed by atoms with Crippen LogP contribution in [0.3, 0.4) is 0 Å². The number of nitrogens with zero attached hydrogens (tertiary/aromatic N) is 2. The molecule has 1 aliphatic carbocycles. The van der Waals surface area contributed by atoms with Crippen molar-refractivity contribution in [3.8, 4) is 0 Å². The highest BCUT2D eigenvalue weighted by Crippen LogP contribution is 2.39. The van der Waals surface area contributed by atoms with Gasteiger partial charge in [0, 0.05) is 30.7 Å². The fraction of sp³-hybridized carbons (Fsp3) is 0.750. The zero-order chi connectivity index (χ0) is 14.8. The van der Waals surface area contributed by atoms with E-state index in [9.17, 15) is 0 Å². The average molecular weight is 290 g/mol. The maximum Gasteiger partial charge on any atom is 0.136 e. The third kappa shape index (κ3) is 3.46. The first-order valence-corrected chi connectivity index (χ1v) is 8.18. The molecular weight excluding hydrogens is 264 g/mol. The van der Waals surface area contributed by atoms with Crippen LogP contribution in [0.1, 0.15) is 56.8 Å². The van der Waals surface area contributed by atoms with E-state index in [1.807, 2.05) is 0 Å². The van der Waals surface area contributed by atoms with E-state index >= 15 is 0 Å². The van der Waals surface area contributed by atoms with Crippen LogP contribution in [0.2, 0.25) is 0 Å². The first-order chi connectivity index (χ1) is 10.2. The number of hydrogen-bond acceptors (Lipinski definition) is 5. The average Bonchev–Trinajstić information content (AvgIpc) is 3.28. The molecule has 0 spiro atoms. The minimum atomic E-state index is 0.328. The molecule has 116 valence electrons. The Bertz CT molecular complexity index is 501. The Balaban J connectivity index is 1.81. The van der Waals surface area contributed by atoms with E-state index in [1.165, 1.54) is 12.8 Å². The highest BCUT2D eigenvalue weighted by Gasteiger charge is 2.29. The van der Waals surface area contributed by atoms with Gasteiger partial charge in [-0.05, 0) is 46.5 Å². The third-order valence-corrected chi connectivity index (χ3v) is 4.28.